The molecule has 168 valence electrons. The predicted octanol–water partition coefficient (Wildman–Crippen LogP) is 2.23. The molecule has 11 heteroatoms. The summed E-state index contributed by atoms with van der Waals surface area (Å²) in [5.41, 5.74) is 0.654. The molecule has 0 unspecified atom stereocenters. The fourth-order valence-corrected chi connectivity index (χ4v) is 3.11. The van der Waals surface area contributed by atoms with Crippen LogP contribution in [0.25, 0.3) is 0 Å². The van der Waals surface area contributed by atoms with Gasteiger partial charge < -0.3 is 24.1 Å². The molecular weight excluding hydrogens is 419 g/mol. The highest BCUT2D eigenvalue weighted by atomic mass is 19.4. The smallest absolute Gasteiger partial charge is 0.491 e. The lowest BCUT2D eigenvalue weighted by atomic mass is 10.2. The zero-order valence-electron chi connectivity index (χ0n) is 16.8. The van der Waals surface area contributed by atoms with Crippen LogP contribution in [0.15, 0.2) is 41.3 Å². The maximum atomic E-state index is 12.5. The van der Waals surface area contributed by atoms with Gasteiger partial charge in [0.1, 0.15) is 12.3 Å². The van der Waals surface area contributed by atoms with Crippen molar-refractivity contribution in [3.05, 3.63) is 52.4 Å². The van der Waals surface area contributed by atoms with Crippen molar-refractivity contribution in [3.63, 3.8) is 0 Å². The molecule has 31 heavy (non-hydrogen) atoms. The van der Waals surface area contributed by atoms with E-state index in [4.69, 9.17) is 9.47 Å². The number of amides is 1. The molecule has 3 rings (SSSR count). The van der Waals surface area contributed by atoms with E-state index in [1.165, 1.54) is 31.5 Å². The van der Waals surface area contributed by atoms with E-state index in [1.54, 1.807) is 4.57 Å². The number of hydrogen-bond acceptors (Lipinski definition) is 6. The number of pyridine rings is 1. The lowest BCUT2D eigenvalue weighted by Crippen LogP contribution is -2.37. The van der Waals surface area contributed by atoms with E-state index < -0.39 is 12.3 Å². The number of hydrogen-bond donors (Lipinski definition) is 1. The summed E-state index contributed by atoms with van der Waals surface area (Å²) in [6, 6.07) is 6.26. The van der Waals surface area contributed by atoms with Crippen molar-refractivity contribution in [2.45, 2.75) is 19.5 Å². The third kappa shape index (κ3) is 6.72. The van der Waals surface area contributed by atoms with E-state index in [-0.39, 0.29) is 23.5 Å². The minimum absolute atomic E-state index is 0.104. The van der Waals surface area contributed by atoms with Gasteiger partial charge in [0.05, 0.1) is 26.5 Å². The van der Waals surface area contributed by atoms with Crippen LogP contribution in [0.2, 0.25) is 0 Å². The van der Waals surface area contributed by atoms with Gasteiger partial charge in [-0.1, -0.05) is 0 Å². The molecule has 0 atom stereocenters. The quantitative estimate of drug-likeness (QED) is 0.710. The summed E-state index contributed by atoms with van der Waals surface area (Å²) in [5, 5.41) is 2.61. The minimum atomic E-state index is -4.79. The highest BCUT2D eigenvalue weighted by molar-refractivity contribution is 5.90. The van der Waals surface area contributed by atoms with Crippen molar-refractivity contribution in [3.8, 4) is 11.5 Å². The normalized spacial score (nSPS) is 14.8. The molecule has 1 aliphatic rings. The number of carbonyl (C=O) groups is 1. The number of nitrogens with zero attached hydrogens (tertiary/aromatic N) is 2. The van der Waals surface area contributed by atoms with Gasteiger partial charge in [0.25, 0.3) is 0 Å². The average Bonchev–Trinajstić information content (AvgIpc) is 2.71. The van der Waals surface area contributed by atoms with E-state index >= 15 is 0 Å². The van der Waals surface area contributed by atoms with Gasteiger partial charge in [-0.3, -0.25) is 14.5 Å². The molecule has 2 heterocycles. The number of ether oxygens (including phenoxy) is 3. The molecule has 0 radical (unpaired) electrons. The van der Waals surface area contributed by atoms with Gasteiger partial charge in [-0.2, -0.15) is 0 Å². The SMILES string of the molecule is COc1cn(CC(=O)Nc2ccc(OC(F)(F)F)cc2)c(CN2CCOCC2)cc1=O. The number of alkyl halides is 3. The molecule has 1 N–H and O–H groups in total. The van der Waals surface area contributed by atoms with Gasteiger partial charge in [-0.15, -0.1) is 13.2 Å². The molecule has 1 aliphatic heterocycles. The molecule has 1 fully saturated rings. The highest BCUT2D eigenvalue weighted by Gasteiger charge is 2.31. The molecule has 0 bridgehead atoms. The summed E-state index contributed by atoms with van der Waals surface area (Å²) in [6.07, 6.45) is -3.32. The van der Waals surface area contributed by atoms with Crippen LogP contribution in [-0.4, -0.2) is 55.1 Å². The molecule has 8 nitrogen and oxygen atoms in total. The summed E-state index contributed by atoms with van der Waals surface area (Å²) in [7, 11) is 1.37. The van der Waals surface area contributed by atoms with Crippen molar-refractivity contribution >= 4 is 11.6 Å². The van der Waals surface area contributed by atoms with Crippen LogP contribution in [0, 0.1) is 0 Å². The third-order valence-corrected chi connectivity index (χ3v) is 4.58. The molecule has 0 aliphatic carbocycles. The Morgan fingerprint density at radius 3 is 2.48 bits per heavy atom. The summed E-state index contributed by atoms with van der Waals surface area (Å²) < 4.78 is 52.6. The molecule has 2 aromatic rings. The first kappa shape index (κ1) is 22.6. The summed E-state index contributed by atoms with van der Waals surface area (Å²) in [6.45, 7) is 2.94. The van der Waals surface area contributed by atoms with Gasteiger partial charge >= 0.3 is 6.36 Å². The number of anilines is 1. The summed E-state index contributed by atoms with van der Waals surface area (Å²) >= 11 is 0. The lowest BCUT2D eigenvalue weighted by Gasteiger charge is -2.27. The van der Waals surface area contributed by atoms with Gasteiger partial charge in [0.2, 0.25) is 11.3 Å². The number of methoxy groups -OCH3 is 1. The van der Waals surface area contributed by atoms with Crippen molar-refractivity contribution in [1.29, 1.82) is 0 Å². The lowest BCUT2D eigenvalue weighted by molar-refractivity contribution is -0.274. The predicted molar refractivity (Wildman–Crippen MR) is 105 cm³/mol. The molecule has 1 aromatic heterocycles. The second-order valence-electron chi connectivity index (χ2n) is 6.83. The van der Waals surface area contributed by atoms with Gasteiger partial charge in [-0.25, -0.2) is 0 Å². The van der Waals surface area contributed by atoms with Crippen LogP contribution in [-0.2, 0) is 22.6 Å². The second-order valence-corrected chi connectivity index (χ2v) is 6.83. The summed E-state index contributed by atoms with van der Waals surface area (Å²) in [4.78, 5) is 26.8. The Hall–Kier alpha value is -3.05. The molecule has 1 saturated heterocycles. The van der Waals surface area contributed by atoms with E-state index in [2.05, 4.69) is 15.0 Å². The maximum absolute atomic E-state index is 12.5. The van der Waals surface area contributed by atoms with Crippen LogP contribution >= 0.6 is 0 Å². The minimum Gasteiger partial charge on any atom is -0.491 e. The van der Waals surface area contributed by atoms with E-state index in [0.29, 0.717) is 44.2 Å². The zero-order valence-corrected chi connectivity index (χ0v) is 16.8. The largest absolute Gasteiger partial charge is 0.573 e. The zero-order chi connectivity index (χ0) is 22.4. The number of carbonyl (C=O) groups excluding carboxylic acids is 1. The first-order valence-electron chi connectivity index (χ1n) is 9.46. The van der Waals surface area contributed by atoms with E-state index in [0.717, 1.165) is 12.1 Å². The van der Waals surface area contributed by atoms with Crippen molar-refractivity contribution < 1.29 is 32.2 Å². The number of aromatic nitrogens is 1. The van der Waals surface area contributed by atoms with E-state index in [1.807, 2.05) is 0 Å². The Bertz CT molecular complexity index is 954. The molecule has 0 saturated carbocycles. The van der Waals surface area contributed by atoms with Gasteiger partial charge in [0, 0.05) is 37.1 Å². The fourth-order valence-electron chi connectivity index (χ4n) is 3.11. The standard InChI is InChI=1S/C20H22F3N3O5/c1-29-18-12-26(15(10-17(18)27)11-25-6-8-30-9-7-25)13-19(28)24-14-2-4-16(5-3-14)31-20(21,22)23/h2-5,10,12H,6-9,11,13H2,1H3,(H,24,28). The molecule has 1 aromatic carbocycles. The number of morpholine rings is 1. The van der Waals surface area contributed by atoms with Gasteiger partial charge in [-0.05, 0) is 24.3 Å². The van der Waals surface area contributed by atoms with Crippen LogP contribution in [0.1, 0.15) is 5.69 Å². The van der Waals surface area contributed by atoms with Crippen molar-refractivity contribution in [2.75, 3.05) is 38.7 Å². The second kappa shape index (κ2) is 9.84. The first-order chi connectivity index (χ1) is 14.7. The number of nitrogens with one attached hydrogen (secondary N) is 1. The van der Waals surface area contributed by atoms with Crippen molar-refractivity contribution in [2.24, 2.45) is 0 Å². The Labute approximate surface area is 176 Å². The van der Waals surface area contributed by atoms with Crippen LogP contribution < -0.4 is 20.2 Å². The number of halogens is 3. The molecule has 1 amide bonds. The fraction of sp³-hybridized carbons (Fsp3) is 0.400. The Kier molecular flexibility index (Phi) is 7.18. The summed E-state index contributed by atoms with van der Waals surface area (Å²) in [5.74, 6) is -0.700. The van der Waals surface area contributed by atoms with Crippen LogP contribution in [0.3, 0.4) is 0 Å². The highest BCUT2D eigenvalue weighted by Crippen LogP contribution is 2.24. The Morgan fingerprint density at radius 1 is 1.19 bits per heavy atom. The maximum Gasteiger partial charge on any atom is 0.573 e. The van der Waals surface area contributed by atoms with Gasteiger partial charge in [0.15, 0.2) is 5.75 Å². The number of rotatable bonds is 7. The van der Waals surface area contributed by atoms with Crippen LogP contribution in [0.4, 0.5) is 18.9 Å². The Balaban J connectivity index is 1.71. The third-order valence-electron chi connectivity index (χ3n) is 4.58. The molecular formula is C20H22F3N3O5. The monoisotopic (exact) mass is 441 g/mol. The topological polar surface area (TPSA) is 82.0 Å². The van der Waals surface area contributed by atoms with Crippen LogP contribution in [0.5, 0.6) is 11.5 Å². The van der Waals surface area contributed by atoms with E-state index in [9.17, 15) is 22.8 Å². The molecule has 0 spiro atoms. The average molecular weight is 441 g/mol. The first-order valence-corrected chi connectivity index (χ1v) is 9.46. The number of benzene rings is 1. The van der Waals surface area contributed by atoms with Crippen molar-refractivity contribution in [1.82, 2.24) is 9.47 Å². The Morgan fingerprint density at radius 2 is 1.87 bits per heavy atom.